The number of nitrogens with two attached hydrogens (primary N) is 1. The van der Waals surface area contributed by atoms with E-state index in [1.165, 1.54) is 63.0 Å². The fourth-order valence-corrected chi connectivity index (χ4v) is 3.37. The van der Waals surface area contributed by atoms with Crippen LogP contribution in [0.4, 0.5) is 0 Å². The van der Waals surface area contributed by atoms with E-state index in [4.69, 9.17) is 4.62 Å². The first-order valence-electron chi connectivity index (χ1n) is 8.90. The smallest absolute Gasteiger partial charge is 0.317 e. The number of hydrogen-bond acceptors (Lipinski definition) is 3. The van der Waals surface area contributed by atoms with E-state index in [-0.39, 0.29) is 5.31 Å². The van der Waals surface area contributed by atoms with Crippen LogP contribution in [-0.4, -0.2) is 17.7 Å². The molecule has 1 atom stereocenters. The standard InChI is InChI=1S/C17H31N2O3P/c1-2-3-4-5-6-7-8-9-10-11-15-19-22-23(20,21)17-13-12-14-18-16-17/h12-14,16,19H,2-11,15H2,1H3,(H,20,21)/q+1/p+1. The highest BCUT2D eigenvalue weighted by Crippen LogP contribution is 2.49. The summed E-state index contributed by atoms with van der Waals surface area (Å²) in [6.45, 7) is 2.95. The van der Waals surface area contributed by atoms with Crippen LogP contribution in [0.25, 0.3) is 0 Å². The molecule has 1 heterocycles. The maximum absolute atomic E-state index is 12.0. The molecule has 0 saturated carbocycles. The SMILES string of the molecule is CCCCCCCCCCCC[NH2+]OP(=O)(O)C1=C[N+]=CC=C1. The van der Waals surface area contributed by atoms with Gasteiger partial charge in [-0.3, -0.25) is 0 Å². The molecule has 6 heteroatoms. The Morgan fingerprint density at radius 3 is 2.26 bits per heavy atom. The number of aliphatic imine (C=N–C) groups is 1. The molecule has 23 heavy (non-hydrogen) atoms. The van der Waals surface area contributed by atoms with Gasteiger partial charge in [0, 0.05) is 6.08 Å². The lowest BCUT2D eigenvalue weighted by Crippen LogP contribution is -2.82. The molecule has 1 aliphatic heterocycles. The van der Waals surface area contributed by atoms with Gasteiger partial charge in [-0.1, -0.05) is 58.3 Å². The van der Waals surface area contributed by atoms with E-state index in [1.807, 2.05) is 0 Å². The zero-order valence-corrected chi connectivity index (χ0v) is 15.2. The van der Waals surface area contributed by atoms with Crippen LogP contribution in [-0.2, 0) is 9.19 Å². The van der Waals surface area contributed by atoms with Crippen molar-refractivity contribution in [3.63, 3.8) is 0 Å². The lowest BCUT2D eigenvalue weighted by molar-refractivity contribution is -0.861. The molecule has 5 nitrogen and oxygen atoms in total. The summed E-state index contributed by atoms with van der Waals surface area (Å²) in [6, 6.07) is 0. The van der Waals surface area contributed by atoms with Crippen LogP contribution in [0.2, 0.25) is 0 Å². The maximum Gasteiger partial charge on any atom is 0.414 e. The van der Waals surface area contributed by atoms with Crippen LogP contribution < -0.4 is 10.5 Å². The van der Waals surface area contributed by atoms with Crippen LogP contribution in [0, 0.1) is 0 Å². The van der Waals surface area contributed by atoms with Crippen LogP contribution in [0.1, 0.15) is 71.1 Å². The molecule has 0 spiro atoms. The van der Waals surface area contributed by atoms with Crippen molar-refractivity contribution in [1.29, 1.82) is 0 Å². The van der Waals surface area contributed by atoms with Crippen LogP contribution in [0.15, 0.2) is 23.7 Å². The van der Waals surface area contributed by atoms with Crippen molar-refractivity contribution in [1.82, 2.24) is 4.99 Å². The van der Waals surface area contributed by atoms with Crippen LogP contribution in [0.3, 0.4) is 0 Å². The van der Waals surface area contributed by atoms with Gasteiger partial charge in [-0.05, 0) is 18.9 Å². The molecular weight excluding hydrogens is 311 g/mol. The Balaban J connectivity index is 1.93. The van der Waals surface area contributed by atoms with Crippen molar-refractivity contribution in [3.05, 3.63) is 23.7 Å². The van der Waals surface area contributed by atoms with Crippen LogP contribution >= 0.6 is 7.60 Å². The third-order valence-electron chi connectivity index (χ3n) is 3.87. The number of hydrogen-bond donors (Lipinski definition) is 2. The average molecular weight is 343 g/mol. The van der Waals surface area contributed by atoms with Gasteiger partial charge in [0.05, 0.1) is 4.99 Å². The van der Waals surface area contributed by atoms with Crippen molar-refractivity contribution >= 4 is 13.8 Å². The number of hydroxylamine groups is 1. The van der Waals surface area contributed by atoms with Gasteiger partial charge >= 0.3 is 7.60 Å². The van der Waals surface area contributed by atoms with Crippen molar-refractivity contribution in [2.24, 2.45) is 0 Å². The Labute approximate surface area is 140 Å². The van der Waals surface area contributed by atoms with E-state index in [2.05, 4.69) is 11.9 Å². The Hall–Kier alpha value is -0.740. The lowest BCUT2D eigenvalue weighted by atomic mass is 10.1. The predicted molar refractivity (Wildman–Crippen MR) is 95.0 cm³/mol. The van der Waals surface area contributed by atoms with E-state index in [0.29, 0.717) is 6.54 Å². The van der Waals surface area contributed by atoms with E-state index in [0.717, 1.165) is 12.8 Å². The van der Waals surface area contributed by atoms with Gasteiger partial charge in [-0.2, -0.15) is 5.48 Å². The number of rotatable bonds is 14. The molecule has 3 N–H and O–H groups in total. The normalized spacial score (nSPS) is 16.3. The van der Waals surface area contributed by atoms with Crippen molar-refractivity contribution < 1.29 is 19.6 Å². The van der Waals surface area contributed by atoms with Crippen molar-refractivity contribution in [2.75, 3.05) is 6.54 Å². The molecule has 0 saturated heterocycles. The summed E-state index contributed by atoms with van der Waals surface area (Å²) >= 11 is 0. The number of nitrogens with zero attached hydrogens (tertiary/aromatic N) is 1. The number of unbranched alkanes of at least 4 members (excludes halogenated alkanes) is 9. The summed E-state index contributed by atoms with van der Waals surface area (Å²) in [5.41, 5.74) is 1.47. The molecule has 0 amide bonds. The van der Waals surface area contributed by atoms with E-state index >= 15 is 0 Å². The first-order valence-corrected chi connectivity index (χ1v) is 10.5. The summed E-state index contributed by atoms with van der Waals surface area (Å²) in [4.78, 5) is 13.6. The summed E-state index contributed by atoms with van der Waals surface area (Å²) < 4.78 is 17.0. The van der Waals surface area contributed by atoms with Gasteiger partial charge < -0.3 is 4.89 Å². The minimum absolute atomic E-state index is 0.235. The minimum atomic E-state index is -3.74. The largest absolute Gasteiger partial charge is 0.414 e. The second kappa shape index (κ2) is 12.7. The Morgan fingerprint density at radius 2 is 1.70 bits per heavy atom. The fourth-order valence-electron chi connectivity index (χ4n) is 2.45. The maximum atomic E-state index is 12.0. The minimum Gasteiger partial charge on any atom is -0.317 e. The van der Waals surface area contributed by atoms with E-state index in [9.17, 15) is 9.46 Å². The molecule has 0 fully saturated rings. The average Bonchev–Trinajstić information content (AvgIpc) is 2.56. The molecule has 1 aliphatic rings. The molecule has 1 rings (SSSR count). The lowest BCUT2D eigenvalue weighted by Gasteiger charge is -2.08. The van der Waals surface area contributed by atoms with E-state index < -0.39 is 7.60 Å². The molecule has 131 valence electrons. The first-order chi connectivity index (χ1) is 11.2. The summed E-state index contributed by atoms with van der Waals surface area (Å²) in [5.74, 6) is 0. The zero-order chi connectivity index (χ0) is 16.8. The van der Waals surface area contributed by atoms with Gasteiger partial charge in [0.1, 0.15) is 11.9 Å². The van der Waals surface area contributed by atoms with Gasteiger partial charge in [0.25, 0.3) is 6.20 Å². The molecule has 0 aliphatic carbocycles. The highest BCUT2D eigenvalue weighted by Gasteiger charge is 2.30. The third kappa shape index (κ3) is 9.87. The molecule has 0 bridgehead atoms. The predicted octanol–water partition coefficient (Wildman–Crippen LogP) is 3.41. The topological polar surface area (TPSA) is 77.2 Å². The number of allylic oxidation sites excluding steroid dienone is 3. The molecule has 0 aromatic rings. The summed E-state index contributed by atoms with van der Waals surface area (Å²) in [5, 5.41) is 0.235. The molecule has 0 aromatic carbocycles. The first kappa shape index (κ1) is 20.3. The van der Waals surface area contributed by atoms with Gasteiger partial charge in [0.15, 0.2) is 0 Å². The molecule has 1 radical (unpaired) electrons. The highest BCUT2D eigenvalue weighted by atomic mass is 31.2. The second-order valence-electron chi connectivity index (χ2n) is 5.97. The van der Waals surface area contributed by atoms with Gasteiger partial charge in [-0.25, -0.2) is 4.57 Å². The fraction of sp³-hybridized carbons (Fsp3) is 0.706. The molecular formula is C17H32N2O3P+2. The molecule has 0 aromatic heterocycles. The van der Waals surface area contributed by atoms with Crippen molar-refractivity contribution in [3.8, 4) is 0 Å². The second-order valence-corrected chi connectivity index (χ2v) is 7.74. The van der Waals surface area contributed by atoms with Crippen molar-refractivity contribution in [2.45, 2.75) is 71.1 Å². The highest BCUT2D eigenvalue weighted by molar-refractivity contribution is 7.57. The Bertz CT molecular complexity index is 447. The van der Waals surface area contributed by atoms with Gasteiger partial charge in [0.2, 0.25) is 6.21 Å². The Morgan fingerprint density at radius 1 is 1.09 bits per heavy atom. The van der Waals surface area contributed by atoms with Crippen LogP contribution in [0.5, 0.6) is 0 Å². The van der Waals surface area contributed by atoms with E-state index in [1.54, 1.807) is 18.4 Å². The quantitative estimate of drug-likeness (QED) is 0.288. The monoisotopic (exact) mass is 343 g/mol. The summed E-state index contributed by atoms with van der Waals surface area (Å²) in [7, 11) is -3.74. The summed E-state index contributed by atoms with van der Waals surface area (Å²) in [6.07, 6.45) is 18.9. The zero-order valence-electron chi connectivity index (χ0n) is 14.3. The number of quaternary nitrogens is 1. The third-order valence-corrected chi connectivity index (χ3v) is 5.22. The Kier molecular flexibility index (Phi) is 11.2. The van der Waals surface area contributed by atoms with Gasteiger partial charge in [-0.15, -0.1) is 4.62 Å². The molecule has 1 unspecified atom stereocenters.